The minimum absolute atomic E-state index is 0.244. The van der Waals surface area contributed by atoms with E-state index >= 15 is 0 Å². The van der Waals surface area contributed by atoms with Gasteiger partial charge in [-0.05, 0) is 25.0 Å². The summed E-state index contributed by atoms with van der Waals surface area (Å²) in [5.74, 6) is -0.325. The highest BCUT2D eigenvalue weighted by Gasteiger charge is 2.20. The van der Waals surface area contributed by atoms with Crippen LogP contribution in [-0.2, 0) is 11.2 Å². The summed E-state index contributed by atoms with van der Waals surface area (Å²) in [4.78, 5) is 26.3. The van der Waals surface area contributed by atoms with Crippen LogP contribution >= 0.6 is 0 Å². The van der Waals surface area contributed by atoms with Gasteiger partial charge in [0.1, 0.15) is 5.82 Å². The van der Waals surface area contributed by atoms with Crippen LogP contribution in [0.25, 0.3) is 0 Å². The monoisotopic (exact) mass is 301 g/mol. The first-order valence-corrected chi connectivity index (χ1v) is 7.01. The molecule has 0 saturated heterocycles. The number of carbonyl (C=O) groups is 2. The molecule has 0 saturated carbocycles. The lowest BCUT2D eigenvalue weighted by Gasteiger charge is -2.04. The number of ether oxygens (including phenoxy) is 1. The number of benzene rings is 1. The van der Waals surface area contributed by atoms with E-state index in [0.717, 1.165) is 16.8 Å². The molecule has 0 atom stereocenters. The van der Waals surface area contributed by atoms with E-state index < -0.39 is 12.0 Å². The Balaban J connectivity index is 2.32. The summed E-state index contributed by atoms with van der Waals surface area (Å²) in [5, 5.41) is 2.52. The molecule has 22 heavy (non-hydrogen) atoms. The minimum atomic E-state index is -0.627. The van der Waals surface area contributed by atoms with E-state index in [4.69, 9.17) is 10.5 Å². The number of carbonyl (C=O) groups excluding carboxylic acids is 2. The molecular weight excluding hydrogens is 282 g/mol. The number of rotatable bonds is 5. The molecule has 0 fully saturated rings. The fraction of sp³-hybridized carbons (Fsp3) is 0.250. The Bertz CT molecular complexity index is 677. The molecule has 0 aliphatic rings. The molecule has 0 spiro atoms. The first kappa shape index (κ1) is 15.6. The van der Waals surface area contributed by atoms with Crippen LogP contribution in [0.5, 0.6) is 0 Å². The number of amides is 2. The van der Waals surface area contributed by atoms with Crippen LogP contribution in [0.2, 0.25) is 0 Å². The van der Waals surface area contributed by atoms with E-state index in [-0.39, 0.29) is 18.0 Å². The van der Waals surface area contributed by atoms with Gasteiger partial charge in [-0.2, -0.15) is 0 Å². The SMILES string of the molecule is CCOC(=O)Nc1[nH]c(Cc2ccccc2)c(C)c1C(N)=O. The average molecular weight is 301 g/mol. The molecule has 0 unspecified atom stereocenters. The van der Waals surface area contributed by atoms with Gasteiger partial charge in [-0.25, -0.2) is 4.79 Å². The zero-order chi connectivity index (χ0) is 16.1. The van der Waals surface area contributed by atoms with Crippen LogP contribution in [0.1, 0.15) is 34.1 Å². The van der Waals surface area contributed by atoms with Gasteiger partial charge >= 0.3 is 6.09 Å². The van der Waals surface area contributed by atoms with Crippen LogP contribution in [-0.4, -0.2) is 23.6 Å². The number of H-pyrrole nitrogens is 1. The molecule has 1 aromatic carbocycles. The quantitative estimate of drug-likeness (QED) is 0.791. The Kier molecular flexibility index (Phi) is 4.83. The number of nitrogens with one attached hydrogen (secondary N) is 2. The topological polar surface area (TPSA) is 97.2 Å². The molecule has 0 aliphatic carbocycles. The van der Waals surface area contributed by atoms with E-state index in [9.17, 15) is 9.59 Å². The highest BCUT2D eigenvalue weighted by Crippen LogP contribution is 2.24. The van der Waals surface area contributed by atoms with Gasteiger partial charge in [-0.15, -0.1) is 0 Å². The minimum Gasteiger partial charge on any atom is -0.450 e. The van der Waals surface area contributed by atoms with Gasteiger partial charge in [0, 0.05) is 12.1 Å². The molecule has 6 nitrogen and oxygen atoms in total. The molecule has 2 aromatic rings. The Morgan fingerprint density at radius 2 is 1.95 bits per heavy atom. The number of hydrogen-bond donors (Lipinski definition) is 3. The molecule has 116 valence electrons. The van der Waals surface area contributed by atoms with Crippen LogP contribution in [0.15, 0.2) is 30.3 Å². The van der Waals surface area contributed by atoms with Crippen molar-refractivity contribution in [3.05, 3.63) is 52.7 Å². The normalized spacial score (nSPS) is 10.3. The van der Waals surface area contributed by atoms with Crippen LogP contribution < -0.4 is 11.1 Å². The summed E-state index contributed by atoms with van der Waals surface area (Å²) in [6, 6.07) is 9.81. The van der Waals surface area contributed by atoms with Crippen molar-refractivity contribution in [2.45, 2.75) is 20.3 Å². The number of anilines is 1. The largest absolute Gasteiger partial charge is 0.450 e. The molecular formula is C16H19N3O3. The second-order valence-corrected chi connectivity index (χ2v) is 4.85. The maximum atomic E-state index is 11.7. The summed E-state index contributed by atoms with van der Waals surface area (Å²) in [6.07, 6.45) is -0.0187. The Hall–Kier alpha value is -2.76. The molecule has 4 N–H and O–H groups in total. The van der Waals surface area contributed by atoms with E-state index in [1.54, 1.807) is 13.8 Å². The van der Waals surface area contributed by atoms with Crippen molar-refractivity contribution in [3.8, 4) is 0 Å². The van der Waals surface area contributed by atoms with E-state index in [0.29, 0.717) is 6.42 Å². The van der Waals surface area contributed by atoms with Crippen LogP contribution in [0.4, 0.5) is 10.6 Å². The molecule has 2 amide bonds. The van der Waals surface area contributed by atoms with Gasteiger partial charge in [0.2, 0.25) is 0 Å². The van der Waals surface area contributed by atoms with Crippen molar-refractivity contribution in [1.82, 2.24) is 4.98 Å². The fourth-order valence-corrected chi connectivity index (χ4v) is 2.29. The highest BCUT2D eigenvalue weighted by atomic mass is 16.5. The maximum Gasteiger partial charge on any atom is 0.412 e. The standard InChI is InChI=1S/C16H19N3O3/c1-3-22-16(21)19-15-13(14(17)20)10(2)12(18-15)9-11-7-5-4-6-8-11/h4-8,18H,3,9H2,1-2H3,(H2,17,20)(H,19,21). The van der Waals surface area contributed by atoms with Crippen molar-refractivity contribution < 1.29 is 14.3 Å². The lowest BCUT2D eigenvalue weighted by atomic mass is 10.1. The molecule has 1 heterocycles. The second kappa shape index (κ2) is 6.80. The van der Waals surface area contributed by atoms with Crippen molar-refractivity contribution >= 4 is 17.8 Å². The zero-order valence-corrected chi connectivity index (χ0v) is 12.6. The molecule has 2 rings (SSSR count). The number of aromatic nitrogens is 1. The Labute approximate surface area is 128 Å². The van der Waals surface area contributed by atoms with Crippen molar-refractivity contribution in [1.29, 1.82) is 0 Å². The van der Waals surface area contributed by atoms with Gasteiger partial charge in [0.05, 0.1) is 12.2 Å². The number of hydrogen-bond acceptors (Lipinski definition) is 3. The van der Waals surface area contributed by atoms with Gasteiger partial charge in [-0.3, -0.25) is 10.1 Å². The average Bonchev–Trinajstić information content (AvgIpc) is 2.76. The maximum absolute atomic E-state index is 11.7. The highest BCUT2D eigenvalue weighted by molar-refractivity contribution is 6.02. The lowest BCUT2D eigenvalue weighted by molar-refractivity contribution is 0.100. The lowest BCUT2D eigenvalue weighted by Crippen LogP contribution is -2.18. The van der Waals surface area contributed by atoms with Crippen LogP contribution in [0.3, 0.4) is 0 Å². The Morgan fingerprint density at radius 3 is 2.55 bits per heavy atom. The van der Waals surface area contributed by atoms with Gasteiger partial charge in [-0.1, -0.05) is 30.3 Å². The van der Waals surface area contributed by atoms with Crippen molar-refractivity contribution in [2.75, 3.05) is 11.9 Å². The first-order valence-electron chi connectivity index (χ1n) is 7.01. The summed E-state index contributed by atoms with van der Waals surface area (Å²) in [6.45, 7) is 3.74. The van der Waals surface area contributed by atoms with E-state index in [2.05, 4.69) is 10.3 Å². The van der Waals surface area contributed by atoms with Gasteiger partial charge in [0.15, 0.2) is 0 Å². The summed E-state index contributed by atoms with van der Waals surface area (Å²) >= 11 is 0. The predicted octanol–water partition coefficient (Wildman–Crippen LogP) is 2.58. The van der Waals surface area contributed by atoms with E-state index in [1.165, 1.54) is 0 Å². The van der Waals surface area contributed by atoms with Gasteiger partial charge < -0.3 is 15.5 Å². The third-order valence-electron chi connectivity index (χ3n) is 3.33. The first-order chi connectivity index (χ1) is 10.5. The Morgan fingerprint density at radius 1 is 1.27 bits per heavy atom. The third-order valence-corrected chi connectivity index (χ3v) is 3.33. The molecule has 0 radical (unpaired) electrons. The summed E-state index contributed by atoms with van der Waals surface area (Å²) in [5.41, 5.74) is 8.34. The molecule has 6 heteroatoms. The van der Waals surface area contributed by atoms with Crippen molar-refractivity contribution in [3.63, 3.8) is 0 Å². The summed E-state index contributed by atoms with van der Waals surface area (Å²) < 4.78 is 4.83. The molecule has 1 aromatic heterocycles. The van der Waals surface area contributed by atoms with E-state index in [1.807, 2.05) is 30.3 Å². The fourth-order valence-electron chi connectivity index (χ4n) is 2.29. The second-order valence-electron chi connectivity index (χ2n) is 4.85. The zero-order valence-electron chi connectivity index (χ0n) is 12.6. The van der Waals surface area contributed by atoms with Gasteiger partial charge in [0.25, 0.3) is 5.91 Å². The molecule has 0 bridgehead atoms. The molecule has 0 aliphatic heterocycles. The van der Waals surface area contributed by atoms with Crippen molar-refractivity contribution in [2.24, 2.45) is 5.73 Å². The number of nitrogens with two attached hydrogens (primary N) is 1. The van der Waals surface area contributed by atoms with Crippen LogP contribution in [0, 0.1) is 6.92 Å². The number of primary amides is 1. The third kappa shape index (κ3) is 3.46. The summed E-state index contributed by atoms with van der Waals surface area (Å²) in [7, 11) is 0. The predicted molar refractivity (Wildman–Crippen MR) is 83.9 cm³/mol. The number of aromatic amines is 1. The smallest absolute Gasteiger partial charge is 0.412 e.